The van der Waals surface area contributed by atoms with Crippen molar-refractivity contribution in [2.24, 2.45) is 13.0 Å². The molecule has 2 heterocycles. The molecule has 0 unspecified atom stereocenters. The van der Waals surface area contributed by atoms with Crippen molar-refractivity contribution in [3.63, 3.8) is 0 Å². The summed E-state index contributed by atoms with van der Waals surface area (Å²) in [5.74, 6) is 1.39. The Balaban J connectivity index is 1.31. The van der Waals surface area contributed by atoms with Gasteiger partial charge in [-0.05, 0) is 43.7 Å². The zero-order valence-electron chi connectivity index (χ0n) is 21.4. The molecule has 1 aromatic carbocycles. The van der Waals surface area contributed by atoms with Crippen molar-refractivity contribution in [2.75, 3.05) is 30.9 Å². The lowest BCUT2D eigenvalue weighted by molar-refractivity contribution is 0.0934. The highest BCUT2D eigenvalue weighted by molar-refractivity contribution is 5.93. The molecule has 0 bridgehead atoms. The predicted octanol–water partition coefficient (Wildman–Crippen LogP) is 4.73. The van der Waals surface area contributed by atoms with Gasteiger partial charge in [0.2, 0.25) is 0 Å². The van der Waals surface area contributed by atoms with Crippen molar-refractivity contribution in [3.05, 3.63) is 47.8 Å². The summed E-state index contributed by atoms with van der Waals surface area (Å²) in [6, 6.07) is 12.7. The highest BCUT2D eigenvalue weighted by Crippen LogP contribution is 2.30. The van der Waals surface area contributed by atoms with Gasteiger partial charge in [0.1, 0.15) is 11.5 Å². The molecule has 1 fully saturated rings. The van der Waals surface area contributed by atoms with Crippen LogP contribution >= 0.6 is 0 Å². The number of fused-ring (bicyclic) bond motifs is 1. The maximum atomic E-state index is 12.8. The normalized spacial score (nSPS) is 18.6. The van der Waals surface area contributed by atoms with Crippen molar-refractivity contribution in [1.29, 1.82) is 0 Å². The zero-order valence-corrected chi connectivity index (χ0v) is 21.4. The van der Waals surface area contributed by atoms with Gasteiger partial charge in [-0.2, -0.15) is 5.10 Å². The van der Waals surface area contributed by atoms with Crippen LogP contribution in [0.15, 0.2) is 36.4 Å². The lowest BCUT2D eigenvalue weighted by Crippen LogP contribution is -2.34. The van der Waals surface area contributed by atoms with Crippen LogP contribution in [0.25, 0.3) is 10.9 Å². The maximum absolute atomic E-state index is 12.8. The number of carbonyl (C=O) groups is 1. The number of hydrogen-bond acceptors (Lipinski definition) is 5. The van der Waals surface area contributed by atoms with Crippen molar-refractivity contribution in [2.45, 2.75) is 57.9 Å². The van der Waals surface area contributed by atoms with E-state index in [1.54, 1.807) is 4.68 Å². The number of nitrogens with zero attached hydrogens (tertiary/aromatic N) is 4. The van der Waals surface area contributed by atoms with E-state index in [0.29, 0.717) is 24.2 Å². The van der Waals surface area contributed by atoms with Crippen LogP contribution < -0.4 is 15.5 Å². The van der Waals surface area contributed by atoms with Crippen LogP contribution in [0.2, 0.25) is 0 Å². The number of carbonyl (C=O) groups excluding carboxylic acids is 1. The van der Waals surface area contributed by atoms with Crippen LogP contribution in [0, 0.1) is 5.92 Å². The summed E-state index contributed by atoms with van der Waals surface area (Å²) in [5.41, 5.74) is 3.67. The first kappa shape index (κ1) is 24.0. The molecule has 2 aromatic heterocycles. The number of aryl methyl sites for hydroxylation is 1. The number of hydrogen-bond donors (Lipinski definition) is 2. The Kier molecular flexibility index (Phi) is 6.82. The van der Waals surface area contributed by atoms with E-state index in [0.717, 1.165) is 42.7 Å². The quantitative estimate of drug-likeness (QED) is 0.554. The van der Waals surface area contributed by atoms with Gasteiger partial charge in [0.15, 0.2) is 0 Å². The van der Waals surface area contributed by atoms with Gasteiger partial charge < -0.3 is 15.5 Å². The summed E-state index contributed by atoms with van der Waals surface area (Å²) in [7, 11) is 5.98. The van der Waals surface area contributed by atoms with Gasteiger partial charge >= 0.3 is 0 Å². The van der Waals surface area contributed by atoms with Crippen LogP contribution in [0.4, 0.5) is 11.5 Å². The SMILES string of the molecule is CN(C)c1cc(NC2CCC(CNC(=O)c3cc(C(C)(C)C)nn3C)CC2)nc2ccccc12. The number of anilines is 2. The fraction of sp³-hybridized carbons (Fsp3) is 0.519. The van der Waals surface area contributed by atoms with Crippen LogP contribution in [-0.4, -0.2) is 47.4 Å². The second-order valence-corrected chi connectivity index (χ2v) is 10.8. The Morgan fingerprint density at radius 2 is 1.82 bits per heavy atom. The Morgan fingerprint density at radius 1 is 1.12 bits per heavy atom. The second kappa shape index (κ2) is 9.65. The molecule has 2 N–H and O–H groups in total. The molecule has 1 aliphatic carbocycles. The van der Waals surface area contributed by atoms with E-state index in [2.05, 4.69) is 79.8 Å². The fourth-order valence-corrected chi connectivity index (χ4v) is 4.69. The first-order valence-corrected chi connectivity index (χ1v) is 12.3. The summed E-state index contributed by atoms with van der Waals surface area (Å²) < 4.78 is 1.69. The molecule has 7 nitrogen and oxygen atoms in total. The van der Waals surface area contributed by atoms with Gasteiger partial charge in [0.25, 0.3) is 5.91 Å². The number of amides is 1. The van der Waals surface area contributed by atoms with Crippen molar-refractivity contribution in [1.82, 2.24) is 20.1 Å². The van der Waals surface area contributed by atoms with E-state index >= 15 is 0 Å². The van der Waals surface area contributed by atoms with Gasteiger partial charge in [-0.3, -0.25) is 9.48 Å². The Bertz CT molecular complexity index is 1150. The lowest BCUT2D eigenvalue weighted by atomic mass is 9.86. The van der Waals surface area contributed by atoms with E-state index < -0.39 is 0 Å². The van der Waals surface area contributed by atoms with E-state index in [-0.39, 0.29) is 11.3 Å². The molecule has 0 atom stereocenters. The van der Waals surface area contributed by atoms with Gasteiger partial charge in [-0.15, -0.1) is 0 Å². The summed E-state index contributed by atoms with van der Waals surface area (Å²) in [5, 5.41) is 12.5. The van der Waals surface area contributed by atoms with Crippen molar-refractivity contribution < 1.29 is 4.79 Å². The number of pyridine rings is 1. The highest BCUT2D eigenvalue weighted by atomic mass is 16.2. The number of para-hydroxylation sites is 1. The minimum Gasteiger partial charge on any atom is -0.377 e. The van der Waals surface area contributed by atoms with Crippen LogP contribution in [-0.2, 0) is 12.5 Å². The first-order chi connectivity index (χ1) is 16.1. The molecule has 1 saturated carbocycles. The summed E-state index contributed by atoms with van der Waals surface area (Å²) in [6.45, 7) is 7.04. The minimum absolute atomic E-state index is 0.0395. The molecule has 0 spiro atoms. The largest absolute Gasteiger partial charge is 0.377 e. The number of benzene rings is 1. The van der Waals surface area contributed by atoms with E-state index in [1.807, 2.05) is 19.2 Å². The Labute approximate surface area is 202 Å². The van der Waals surface area contributed by atoms with Crippen LogP contribution in [0.1, 0.15) is 62.6 Å². The summed E-state index contributed by atoms with van der Waals surface area (Å²) >= 11 is 0. The van der Waals surface area contributed by atoms with Crippen molar-refractivity contribution in [3.8, 4) is 0 Å². The third-order valence-corrected chi connectivity index (χ3v) is 6.81. The molecule has 34 heavy (non-hydrogen) atoms. The van der Waals surface area contributed by atoms with Gasteiger partial charge in [0.05, 0.1) is 11.2 Å². The molecule has 7 heteroatoms. The number of rotatable bonds is 6. The van der Waals surface area contributed by atoms with E-state index in [4.69, 9.17) is 4.98 Å². The molecule has 0 aliphatic heterocycles. The lowest BCUT2D eigenvalue weighted by Gasteiger charge is -2.30. The average Bonchev–Trinajstić information content (AvgIpc) is 3.20. The van der Waals surface area contributed by atoms with Crippen LogP contribution in [0.3, 0.4) is 0 Å². The van der Waals surface area contributed by atoms with E-state index in [9.17, 15) is 4.79 Å². The molecular formula is C27H38N6O. The summed E-state index contributed by atoms with van der Waals surface area (Å²) in [6.07, 6.45) is 4.33. The van der Waals surface area contributed by atoms with Crippen LogP contribution in [0.5, 0.6) is 0 Å². The van der Waals surface area contributed by atoms with E-state index in [1.165, 1.54) is 11.1 Å². The Hall–Kier alpha value is -3.09. The standard InChI is InChI=1S/C27H38N6O/c1-27(2,3)24-15-23(33(6)31-24)26(34)28-17-18-11-13-19(14-12-18)29-25-16-22(32(4)5)20-9-7-8-10-21(20)30-25/h7-10,15-16,18-19H,11-14,17H2,1-6H3,(H,28,34)(H,29,30). The molecule has 4 rings (SSSR count). The molecule has 1 amide bonds. The second-order valence-electron chi connectivity index (χ2n) is 10.8. The highest BCUT2D eigenvalue weighted by Gasteiger charge is 2.24. The maximum Gasteiger partial charge on any atom is 0.269 e. The molecular weight excluding hydrogens is 424 g/mol. The molecule has 3 aromatic rings. The number of aromatic nitrogens is 3. The minimum atomic E-state index is -0.0745. The predicted molar refractivity (Wildman–Crippen MR) is 140 cm³/mol. The zero-order chi connectivity index (χ0) is 24.5. The Morgan fingerprint density at radius 3 is 2.47 bits per heavy atom. The topological polar surface area (TPSA) is 75.1 Å². The summed E-state index contributed by atoms with van der Waals surface area (Å²) in [4.78, 5) is 19.7. The first-order valence-electron chi connectivity index (χ1n) is 12.3. The smallest absolute Gasteiger partial charge is 0.269 e. The average molecular weight is 463 g/mol. The van der Waals surface area contributed by atoms with Gasteiger partial charge in [-0.1, -0.05) is 39.0 Å². The molecule has 182 valence electrons. The van der Waals surface area contributed by atoms with Gasteiger partial charge in [-0.25, -0.2) is 4.98 Å². The molecule has 0 saturated heterocycles. The number of nitrogens with one attached hydrogen (secondary N) is 2. The third kappa shape index (κ3) is 5.34. The van der Waals surface area contributed by atoms with Crippen molar-refractivity contribution >= 4 is 28.3 Å². The third-order valence-electron chi connectivity index (χ3n) is 6.81. The molecule has 0 radical (unpaired) electrons. The fourth-order valence-electron chi connectivity index (χ4n) is 4.69. The molecule has 1 aliphatic rings. The van der Waals surface area contributed by atoms with Gasteiger partial charge in [0, 0.05) is 56.3 Å². The monoisotopic (exact) mass is 462 g/mol.